The van der Waals surface area contributed by atoms with Crippen molar-refractivity contribution in [2.75, 3.05) is 0 Å². The van der Waals surface area contributed by atoms with Crippen molar-refractivity contribution in [1.29, 1.82) is 5.26 Å². The zero-order valence-electron chi connectivity index (χ0n) is 16.7. The van der Waals surface area contributed by atoms with E-state index in [1.807, 2.05) is 43.3 Å². The second kappa shape index (κ2) is 8.58. The smallest absolute Gasteiger partial charge is 0.270 e. The van der Waals surface area contributed by atoms with Gasteiger partial charge in [-0.2, -0.15) is 5.26 Å². The van der Waals surface area contributed by atoms with Gasteiger partial charge in [0.1, 0.15) is 0 Å². The third kappa shape index (κ3) is 4.14. The predicted octanol–water partition coefficient (Wildman–Crippen LogP) is 6.73. The van der Waals surface area contributed by atoms with E-state index in [-0.39, 0.29) is 5.69 Å². The lowest BCUT2D eigenvalue weighted by molar-refractivity contribution is -0.384. The van der Waals surface area contributed by atoms with Crippen LogP contribution in [0.25, 0.3) is 22.6 Å². The largest absolute Gasteiger partial charge is 0.340 e. The lowest BCUT2D eigenvalue weighted by Crippen LogP contribution is -2.01. The SMILES string of the molecule is Cc1c(/C=C(/C#N)c2cccc([N+](=O)[O-])c2)c2ccccc2n1Cc1ccc(Br)cc1. The molecule has 1 heterocycles. The molecular weight excluding hydrogens is 454 g/mol. The third-order valence-electron chi connectivity index (χ3n) is 5.31. The minimum Gasteiger partial charge on any atom is -0.340 e. The number of para-hydroxylation sites is 1. The molecular formula is C25H18BrN3O2. The van der Waals surface area contributed by atoms with Gasteiger partial charge in [-0.15, -0.1) is 0 Å². The highest BCUT2D eigenvalue weighted by Gasteiger charge is 2.15. The first kappa shape index (κ1) is 20.6. The van der Waals surface area contributed by atoms with Crippen molar-refractivity contribution in [1.82, 2.24) is 4.57 Å². The molecule has 4 rings (SSSR count). The Bertz CT molecular complexity index is 1360. The van der Waals surface area contributed by atoms with Crippen LogP contribution in [0.5, 0.6) is 0 Å². The average molecular weight is 472 g/mol. The van der Waals surface area contributed by atoms with Crippen molar-refractivity contribution in [2.24, 2.45) is 0 Å². The minimum atomic E-state index is -0.451. The number of nitrogens with zero attached hydrogens (tertiary/aromatic N) is 3. The molecule has 31 heavy (non-hydrogen) atoms. The van der Waals surface area contributed by atoms with Crippen LogP contribution in [0, 0.1) is 28.4 Å². The Morgan fingerprint density at radius 1 is 1.13 bits per heavy atom. The molecule has 0 saturated carbocycles. The van der Waals surface area contributed by atoms with Gasteiger partial charge in [-0.3, -0.25) is 10.1 Å². The molecule has 0 aliphatic carbocycles. The maximum atomic E-state index is 11.1. The van der Waals surface area contributed by atoms with Crippen LogP contribution in [0.4, 0.5) is 5.69 Å². The van der Waals surface area contributed by atoms with Gasteiger partial charge in [-0.1, -0.05) is 58.4 Å². The number of nitro benzene ring substituents is 1. The summed E-state index contributed by atoms with van der Waals surface area (Å²) in [5, 5.41) is 22.0. The fourth-order valence-electron chi connectivity index (χ4n) is 3.73. The Morgan fingerprint density at radius 3 is 2.58 bits per heavy atom. The van der Waals surface area contributed by atoms with E-state index in [4.69, 9.17) is 0 Å². The molecule has 0 bridgehead atoms. The molecule has 0 aliphatic rings. The van der Waals surface area contributed by atoms with Crippen LogP contribution in [0.1, 0.15) is 22.4 Å². The molecule has 0 saturated heterocycles. The Balaban J connectivity index is 1.85. The summed E-state index contributed by atoms with van der Waals surface area (Å²) in [6.45, 7) is 2.74. The lowest BCUT2D eigenvalue weighted by atomic mass is 10.0. The van der Waals surface area contributed by atoms with Crippen LogP contribution in [0.15, 0.2) is 77.3 Å². The first-order valence-electron chi connectivity index (χ1n) is 9.67. The van der Waals surface area contributed by atoms with Crippen LogP contribution >= 0.6 is 15.9 Å². The molecule has 0 radical (unpaired) electrons. The number of halogens is 1. The normalized spacial score (nSPS) is 11.5. The average Bonchev–Trinajstić information content (AvgIpc) is 3.04. The summed E-state index contributed by atoms with van der Waals surface area (Å²) in [6, 6.07) is 24.7. The van der Waals surface area contributed by atoms with Crippen LogP contribution < -0.4 is 0 Å². The van der Waals surface area contributed by atoms with Gasteiger partial charge in [-0.25, -0.2) is 0 Å². The van der Waals surface area contributed by atoms with Gasteiger partial charge in [0.15, 0.2) is 0 Å². The monoisotopic (exact) mass is 471 g/mol. The fourth-order valence-corrected chi connectivity index (χ4v) is 3.99. The molecule has 3 aromatic carbocycles. The van der Waals surface area contributed by atoms with E-state index < -0.39 is 4.92 Å². The summed E-state index contributed by atoms with van der Waals surface area (Å²) in [5.74, 6) is 0. The van der Waals surface area contributed by atoms with E-state index in [1.165, 1.54) is 17.7 Å². The molecule has 0 unspecified atom stereocenters. The molecule has 152 valence electrons. The summed E-state index contributed by atoms with van der Waals surface area (Å²) < 4.78 is 3.26. The van der Waals surface area contributed by atoms with E-state index >= 15 is 0 Å². The van der Waals surface area contributed by atoms with Crippen molar-refractivity contribution < 1.29 is 4.92 Å². The number of hydrogen-bond acceptors (Lipinski definition) is 3. The van der Waals surface area contributed by atoms with Gasteiger partial charge in [0.05, 0.1) is 16.6 Å². The van der Waals surface area contributed by atoms with E-state index in [0.717, 1.165) is 26.6 Å². The maximum absolute atomic E-state index is 11.1. The number of nitriles is 1. The van der Waals surface area contributed by atoms with Crippen LogP contribution in [0.3, 0.4) is 0 Å². The van der Waals surface area contributed by atoms with Crippen LogP contribution in [-0.2, 0) is 6.54 Å². The molecule has 0 N–H and O–H groups in total. The Kier molecular flexibility index (Phi) is 5.70. The molecule has 0 atom stereocenters. The number of aromatic nitrogens is 1. The second-order valence-corrected chi connectivity index (χ2v) is 8.12. The minimum absolute atomic E-state index is 0.0342. The van der Waals surface area contributed by atoms with Crippen LogP contribution in [-0.4, -0.2) is 9.49 Å². The zero-order chi connectivity index (χ0) is 22.0. The molecule has 5 nitrogen and oxygen atoms in total. The standard InChI is InChI=1S/C25H18BrN3O2/c1-17-24(14-20(15-27)19-5-4-6-22(13-19)29(30)31)23-7-2-3-8-25(23)28(17)16-18-9-11-21(26)12-10-18/h2-14H,16H2,1H3/b20-14-. The second-order valence-electron chi connectivity index (χ2n) is 7.21. The van der Waals surface area contributed by atoms with E-state index in [0.29, 0.717) is 17.7 Å². The van der Waals surface area contributed by atoms with E-state index in [2.05, 4.69) is 44.8 Å². The molecule has 0 fully saturated rings. The van der Waals surface area contributed by atoms with Gasteiger partial charge < -0.3 is 4.57 Å². The van der Waals surface area contributed by atoms with Crippen molar-refractivity contribution in [3.05, 3.63) is 110 Å². The highest BCUT2D eigenvalue weighted by molar-refractivity contribution is 9.10. The van der Waals surface area contributed by atoms with Gasteiger partial charge in [0, 0.05) is 45.3 Å². The third-order valence-corrected chi connectivity index (χ3v) is 5.84. The topological polar surface area (TPSA) is 71.9 Å². The van der Waals surface area contributed by atoms with E-state index in [9.17, 15) is 15.4 Å². The molecule has 0 spiro atoms. The number of nitro groups is 1. The Hall–Kier alpha value is -3.69. The number of hydrogen-bond donors (Lipinski definition) is 0. The summed E-state index contributed by atoms with van der Waals surface area (Å²) in [4.78, 5) is 10.7. The Morgan fingerprint density at radius 2 is 1.87 bits per heavy atom. The predicted molar refractivity (Wildman–Crippen MR) is 126 cm³/mol. The highest BCUT2D eigenvalue weighted by atomic mass is 79.9. The molecule has 0 amide bonds. The molecule has 0 aliphatic heterocycles. The highest BCUT2D eigenvalue weighted by Crippen LogP contribution is 2.31. The number of benzene rings is 3. The fraction of sp³-hybridized carbons (Fsp3) is 0.0800. The van der Waals surface area contributed by atoms with Crippen molar-refractivity contribution in [2.45, 2.75) is 13.5 Å². The first-order chi connectivity index (χ1) is 15.0. The van der Waals surface area contributed by atoms with Crippen molar-refractivity contribution in [3.8, 4) is 6.07 Å². The Labute approximate surface area is 188 Å². The molecule has 6 heteroatoms. The van der Waals surface area contributed by atoms with Crippen molar-refractivity contribution in [3.63, 3.8) is 0 Å². The zero-order valence-corrected chi connectivity index (χ0v) is 18.3. The first-order valence-corrected chi connectivity index (χ1v) is 10.5. The van der Waals surface area contributed by atoms with Crippen molar-refractivity contribution >= 4 is 44.2 Å². The number of fused-ring (bicyclic) bond motifs is 1. The quantitative estimate of drug-likeness (QED) is 0.184. The summed E-state index contributed by atoms with van der Waals surface area (Å²) in [5.41, 5.74) is 5.09. The van der Waals surface area contributed by atoms with Gasteiger partial charge in [-0.05, 0) is 42.3 Å². The van der Waals surface area contributed by atoms with Gasteiger partial charge in [0.25, 0.3) is 5.69 Å². The molecule has 4 aromatic rings. The number of allylic oxidation sites excluding steroid dienone is 1. The number of rotatable bonds is 5. The summed E-state index contributed by atoms with van der Waals surface area (Å²) in [7, 11) is 0. The lowest BCUT2D eigenvalue weighted by Gasteiger charge is -2.09. The van der Waals surface area contributed by atoms with Gasteiger partial charge in [0.2, 0.25) is 0 Å². The summed E-state index contributed by atoms with van der Waals surface area (Å²) in [6.07, 6.45) is 1.83. The van der Waals surface area contributed by atoms with Crippen LogP contribution in [0.2, 0.25) is 0 Å². The molecule has 1 aromatic heterocycles. The summed E-state index contributed by atoms with van der Waals surface area (Å²) >= 11 is 3.47. The van der Waals surface area contributed by atoms with E-state index in [1.54, 1.807) is 12.1 Å². The number of non-ortho nitro benzene ring substituents is 1. The van der Waals surface area contributed by atoms with Gasteiger partial charge >= 0.3 is 0 Å². The maximum Gasteiger partial charge on any atom is 0.270 e.